The molecule has 36 heavy (non-hydrogen) atoms. The molecule has 1 aliphatic rings. The highest BCUT2D eigenvalue weighted by molar-refractivity contribution is 6.05. The molecule has 0 aromatic heterocycles. The van der Waals surface area contributed by atoms with Crippen LogP contribution in [0.15, 0.2) is 78.5 Å². The van der Waals surface area contributed by atoms with Gasteiger partial charge in [0.2, 0.25) is 0 Å². The molecule has 0 aliphatic carbocycles. The van der Waals surface area contributed by atoms with Gasteiger partial charge in [0.1, 0.15) is 5.70 Å². The summed E-state index contributed by atoms with van der Waals surface area (Å²) in [5, 5.41) is 6.04. The van der Waals surface area contributed by atoms with Crippen molar-refractivity contribution in [1.29, 1.82) is 0 Å². The maximum atomic E-state index is 12.6. The summed E-state index contributed by atoms with van der Waals surface area (Å²) in [4.78, 5) is 29.2. The maximum absolute atomic E-state index is 12.6. The lowest BCUT2D eigenvalue weighted by Gasteiger charge is -2.34. The fourth-order valence-corrected chi connectivity index (χ4v) is 4.00. The molecule has 1 saturated heterocycles. The second kappa shape index (κ2) is 10.8. The van der Waals surface area contributed by atoms with Gasteiger partial charge >= 0.3 is 0 Å². The molecule has 2 amide bonds. The summed E-state index contributed by atoms with van der Waals surface area (Å²) in [6, 6.07) is 21.7. The molecular formula is C27H31N7O2. The molecular weight excluding hydrogens is 454 g/mol. The van der Waals surface area contributed by atoms with Gasteiger partial charge in [-0.05, 0) is 61.6 Å². The van der Waals surface area contributed by atoms with E-state index in [2.05, 4.69) is 27.5 Å². The molecule has 0 bridgehead atoms. The molecule has 0 saturated carbocycles. The Kier molecular flexibility index (Phi) is 7.41. The number of amides is 2. The number of likely N-dealkylation sites (N-methyl/N-ethyl adjacent to an activating group) is 1. The summed E-state index contributed by atoms with van der Waals surface area (Å²) in [6.07, 6.45) is 0. The van der Waals surface area contributed by atoms with Gasteiger partial charge in [0.05, 0.1) is 5.70 Å². The number of rotatable bonds is 7. The van der Waals surface area contributed by atoms with Crippen molar-refractivity contribution in [2.24, 2.45) is 11.5 Å². The van der Waals surface area contributed by atoms with Crippen molar-refractivity contribution in [2.45, 2.75) is 0 Å². The maximum Gasteiger partial charge on any atom is 0.266 e. The van der Waals surface area contributed by atoms with Gasteiger partial charge in [-0.15, -0.1) is 0 Å². The number of hydrogen-bond acceptors (Lipinski definition) is 7. The SMILES string of the molecule is CN1CCN(c2ccc(N)c(/C(Nc3ccc(C(=O)Nc4ccccc4)cc3)=C(\N)C(N)=O)c2)CC1. The van der Waals surface area contributed by atoms with Crippen molar-refractivity contribution in [1.82, 2.24) is 4.90 Å². The number of carbonyl (C=O) groups excluding carboxylic acids is 2. The average molecular weight is 486 g/mol. The van der Waals surface area contributed by atoms with Crippen molar-refractivity contribution in [3.63, 3.8) is 0 Å². The molecule has 8 N–H and O–H groups in total. The van der Waals surface area contributed by atoms with Crippen molar-refractivity contribution < 1.29 is 9.59 Å². The van der Waals surface area contributed by atoms with Crippen LogP contribution in [0.4, 0.5) is 22.7 Å². The summed E-state index contributed by atoms with van der Waals surface area (Å²) < 4.78 is 0. The Hall–Kier alpha value is -4.50. The number of hydrogen-bond donors (Lipinski definition) is 5. The Morgan fingerprint density at radius 2 is 1.44 bits per heavy atom. The van der Waals surface area contributed by atoms with Crippen LogP contribution in [-0.4, -0.2) is 49.9 Å². The number of primary amides is 1. The molecule has 0 radical (unpaired) electrons. The van der Waals surface area contributed by atoms with E-state index in [4.69, 9.17) is 17.2 Å². The molecule has 4 rings (SSSR count). The highest BCUT2D eigenvalue weighted by Gasteiger charge is 2.19. The first-order valence-corrected chi connectivity index (χ1v) is 11.7. The second-order valence-corrected chi connectivity index (χ2v) is 8.74. The number of nitrogens with one attached hydrogen (secondary N) is 2. The third-order valence-electron chi connectivity index (χ3n) is 6.16. The minimum absolute atomic E-state index is 0.136. The van der Waals surface area contributed by atoms with Gasteiger partial charge < -0.3 is 37.6 Å². The lowest BCUT2D eigenvalue weighted by atomic mass is 10.0. The molecule has 1 aliphatic heterocycles. The van der Waals surface area contributed by atoms with Gasteiger partial charge in [-0.1, -0.05) is 18.2 Å². The predicted octanol–water partition coefficient (Wildman–Crippen LogP) is 2.50. The van der Waals surface area contributed by atoms with E-state index < -0.39 is 5.91 Å². The van der Waals surface area contributed by atoms with E-state index in [0.717, 1.165) is 31.9 Å². The molecule has 3 aromatic carbocycles. The molecule has 0 atom stereocenters. The molecule has 0 unspecified atom stereocenters. The number of anilines is 4. The first-order valence-electron chi connectivity index (χ1n) is 11.7. The first-order chi connectivity index (χ1) is 17.3. The quantitative estimate of drug-likeness (QED) is 0.256. The van der Waals surface area contributed by atoms with Crippen LogP contribution in [0.3, 0.4) is 0 Å². The van der Waals surface area contributed by atoms with Crippen molar-refractivity contribution >= 4 is 40.3 Å². The number of nitrogens with zero attached hydrogens (tertiary/aromatic N) is 2. The van der Waals surface area contributed by atoms with Crippen LogP contribution in [0.5, 0.6) is 0 Å². The van der Waals surface area contributed by atoms with Gasteiger partial charge in [0, 0.05) is 60.1 Å². The largest absolute Gasteiger partial charge is 0.398 e. The number of piperazine rings is 1. The minimum Gasteiger partial charge on any atom is -0.398 e. The molecule has 3 aromatic rings. The minimum atomic E-state index is -0.763. The fourth-order valence-electron chi connectivity index (χ4n) is 4.00. The lowest BCUT2D eigenvalue weighted by molar-refractivity contribution is -0.114. The van der Waals surface area contributed by atoms with Crippen LogP contribution in [0.1, 0.15) is 15.9 Å². The van der Waals surface area contributed by atoms with Crippen LogP contribution in [-0.2, 0) is 4.79 Å². The fraction of sp³-hybridized carbons (Fsp3) is 0.185. The summed E-state index contributed by atoms with van der Waals surface area (Å²) in [5.74, 6) is -0.995. The van der Waals surface area contributed by atoms with E-state index in [-0.39, 0.29) is 11.6 Å². The zero-order valence-corrected chi connectivity index (χ0v) is 20.2. The Morgan fingerprint density at radius 3 is 2.08 bits per heavy atom. The van der Waals surface area contributed by atoms with Crippen molar-refractivity contribution in [3.8, 4) is 0 Å². The van der Waals surface area contributed by atoms with E-state index in [1.54, 1.807) is 30.3 Å². The molecule has 1 fully saturated rings. The third kappa shape index (κ3) is 5.76. The van der Waals surface area contributed by atoms with Crippen LogP contribution in [0.2, 0.25) is 0 Å². The highest BCUT2D eigenvalue weighted by Crippen LogP contribution is 2.30. The van der Waals surface area contributed by atoms with Crippen LogP contribution in [0, 0.1) is 0 Å². The number of benzene rings is 3. The standard InChI is InChI=1S/C27H31N7O2/c1-33-13-15-34(16-14-33)21-11-12-23(28)22(17-21)25(24(29)26(30)35)31-20-9-7-18(8-10-20)27(36)32-19-5-3-2-4-6-19/h2-12,17,31H,13-16,28-29H2,1H3,(H2,30,35)(H,32,36)/b25-24+. The lowest BCUT2D eigenvalue weighted by Crippen LogP contribution is -2.44. The summed E-state index contributed by atoms with van der Waals surface area (Å²) >= 11 is 0. The number of carbonyl (C=O) groups is 2. The van der Waals surface area contributed by atoms with E-state index in [0.29, 0.717) is 33.9 Å². The van der Waals surface area contributed by atoms with Crippen LogP contribution in [0.25, 0.3) is 5.70 Å². The van der Waals surface area contributed by atoms with Crippen molar-refractivity contribution in [2.75, 3.05) is 54.5 Å². The van der Waals surface area contributed by atoms with Gasteiger partial charge in [-0.2, -0.15) is 0 Å². The van der Waals surface area contributed by atoms with Gasteiger partial charge in [-0.3, -0.25) is 9.59 Å². The number of nitrogen functional groups attached to an aromatic ring is 1. The monoisotopic (exact) mass is 485 g/mol. The van der Waals surface area contributed by atoms with E-state index >= 15 is 0 Å². The normalized spacial score (nSPS) is 14.6. The smallest absolute Gasteiger partial charge is 0.266 e. The zero-order valence-electron chi connectivity index (χ0n) is 20.2. The Bertz CT molecular complexity index is 1270. The number of nitrogens with two attached hydrogens (primary N) is 3. The van der Waals surface area contributed by atoms with E-state index in [9.17, 15) is 9.59 Å². The van der Waals surface area contributed by atoms with Gasteiger partial charge in [-0.25, -0.2) is 0 Å². The Morgan fingerprint density at radius 1 is 0.806 bits per heavy atom. The zero-order chi connectivity index (χ0) is 25.7. The number of para-hydroxylation sites is 1. The summed E-state index contributed by atoms with van der Waals surface area (Å²) in [5.41, 5.74) is 22.0. The molecule has 186 valence electrons. The van der Waals surface area contributed by atoms with Gasteiger partial charge in [0.25, 0.3) is 11.8 Å². The highest BCUT2D eigenvalue weighted by atomic mass is 16.2. The molecule has 9 heteroatoms. The van der Waals surface area contributed by atoms with Gasteiger partial charge in [0.15, 0.2) is 0 Å². The van der Waals surface area contributed by atoms with Crippen molar-refractivity contribution in [3.05, 3.63) is 89.6 Å². The molecule has 9 nitrogen and oxygen atoms in total. The van der Waals surface area contributed by atoms with E-state index in [1.807, 2.05) is 42.5 Å². The topological polar surface area (TPSA) is 143 Å². The molecule has 1 heterocycles. The molecule has 0 spiro atoms. The Balaban J connectivity index is 1.58. The Labute approximate surface area is 210 Å². The van der Waals surface area contributed by atoms with Crippen LogP contribution < -0.4 is 32.7 Å². The summed E-state index contributed by atoms with van der Waals surface area (Å²) in [7, 11) is 2.10. The van der Waals surface area contributed by atoms with E-state index in [1.165, 1.54) is 0 Å². The summed E-state index contributed by atoms with van der Waals surface area (Å²) in [6.45, 7) is 3.66. The average Bonchev–Trinajstić information content (AvgIpc) is 2.89. The second-order valence-electron chi connectivity index (χ2n) is 8.74. The first kappa shape index (κ1) is 24.6. The third-order valence-corrected chi connectivity index (χ3v) is 6.16. The predicted molar refractivity (Wildman–Crippen MR) is 145 cm³/mol. The van der Waals surface area contributed by atoms with Crippen LogP contribution >= 0.6 is 0 Å².